The van der Waals surface area contributed by atoms with Crippen LogP contribution in [0.5, 0.6) is 0 Å². The van der Waals surface area contributed by atoms with E-state index in [-0.39, 0.29) is 10.3 Å². The van der Waals surface area contributed by atoms with Crippen LogP contribution in [0.1, 0.15) is 6.92 Å². The first-order valence-electron chi connectivity index (χ1n) is 8.79. The summed E-state index contributed by atoms with van der Waals surface area (Å²) in [6, 6.07) is 0. The van der Waals surface area contributed by atoms with Crippen molar-refractivity contribution < 1.29 is 25.5 Å². The molecule has 0 amide bonds. The molecule has 0 aliphatic carbocycles. The molecule has 4 nitrogen and oxygen atoms in total. The van der Waals surface area contributed by atoms with E-state index in [1.165, 1.54) is 0 Å². The molecule has 10 aliphatic rings. The van der Waals surface area contributed by atoms with Gasteiger partial charge in [-0.25, -0.2) is 0 Å². The monoisotopic (exact) mass is 346 g/mol. The van der Waals surface area contributed by atoms with Gasteiger partial charge in [0.05, 0.1) is 0 Å². The van der Waals surface area contributed by atoms with Crippen LogP contribution in [0.25, 0.3) is 0 Å². The molecule has 0 aromatic carbocycles. The summed E-state index contributed by atoms with van der Waals surface area (Å²) in [6.45, 7) is 0.472. The molecule has 0 N–H and O–H groups in total. The number of hydrogen-bond donors (Lipinski definition) is 0. The first kappa shape index (κ1) is 10.0. The Bertz CT molecular complexity index is 1180. The molecule has 0 aromatic heterocycles. The molecule has 10 saturated heterocycles. The van der Waals surface area contributed by atoms with Crippen molar-refractivity contribution in [1.29, 1.82) is 0 Å². The number of methoxy groups -OCH3 is 2. The summed E-state index contributed by atoms with van der Waals surface area (Å²) in [6.07, 6.45) is 0. The van der Waals surface area contributed by atoms with Crippen LogP contribution in [0.3, 0.4) is 0 Å². The zero-order valence-electron chi connectivity index (χ0n) is 13.1. The van der Waals surface area contributed by atoms with Crippen LogP contribution < -0.4 is 0 Å². The Labute approximate surface area is 119 Å². The first-order chi connectivity index (χ1) is 10.4. The first-order valence-corrected chi connectivity index (χ1v) is 14.9. The Kier molecular flexibility index (Phi) is 0.438. The standard InChI is InChI=1S/C10H13O3.C7H9O.Fe/c1-3-13-10(11)9-6-4-5-8(9)7-12-2;1-8-6-7-4-2-3-5-7;/h4-6H,3,7H2,1-2H3;2-5H,6H2,1H3;. The predicted molar refractivity (Wildman–Crippen MR) is 74.7 cm³/mol. The Morgan fingerprint density at radius 1 is 1.00 bits per heavy atom. The molecule has 0 aromatic rings. The number of esters is 1. The molecule has 10 aliphatic heterocycles. The summed E-state index contributed by atoms with van der Waals surface area (Å²) >= 11 is 0. The quantitative estimate of drug-likeness (QED) is 0.547. The zero-order valence-corrected chi connectivity index (χ0v) is 14.3. The maximum absolute atomic E-state index is 13.3. The second-order valence-corrected chi connectivity index (χ2v) is 34.8. The normalized spacial score (nSPS) is 101. The van der Waals surface area contributed by atoms with Gasteiger partial charge in [-0.3, -0.25) is 0 Å². The fraction of sp³-hybridized carbons (Fsp3) is 0.941. The van der Waals surface area contributed by atoms with E-state index in [0.29, 0.717) is 15.2 Å². The third-order valence-corrected chi connectivity index (χ3v) is 61.1. The zero-order chi connectivity index (χ0) is 14.7. The summed E-state index contributed by atoms with van der Waals surface area (Å²) < 4.78 is 18.4. The van der Waals surface area contributed by atoms with Crippen molar-refractivity contribution >= 4 is 5.97 Å². The third-order valence-electron chi connectivity index (χ3n) is 16.9. The van der Waals surface area contributed by atoms with Gasteiger partial charge in [-0.05, 0) is 0 Å². The topological polar surface area (TPSA) is 44.8 Å². The van der Waals surface area contributed by atoms with E-state index in [4.69, 9.17) is 14.2 Å². The Balaban J connectivity index is 1.46. The van der Waals surface area contributed by atoms with Gasteiger partial charge in [-0.1, -0.05) is 0 Å². The molecule has 9 atom stereocenters. The average Bonchev–Trinajstić information content (AvgIpc) is 3.43. The van der Waals surface area contributed by atoms with Crippen LogP contribution in [-0.4, -0.2) is 40.0 Å². The average molecular weight is 346 g/mol. The molecule has 10 fully saturated rings. The molecule has 1 spiro atoms. The Morgan fingerprint density at radius 2 is 1.68 bits per heavy atom. The molecule has 10 rings (SSSR count). The SMILES string of the molecule is CCOC(=O)[C]12[CH]3[CH]4[CH]5[C]1(COC)[Fe]45321678[CH]2[CH]1[CH]6[C]7(COC)[CH]28. The van der Waals surface area contributed by atoms with Gasteiger partial charge in [0.1, 0.15) is 0 Å². The van der Waals surface area contributed by atoms with E-state index in [1.807, 2.05) is 21.1 Å². The van der Waals surface area contributed by atoms with Crippen molar-refractivity contribution in [1.82, 2.24) is 0 Å². The van der Waals surface area contributed by atoms with E-state index >= 15 is 0 Å². The van der Waals surface area contributed by atoms with E-state index < -0.39 is 6.51 Å². The molecule has 22 heavy (non-hydrogen) atoms. The van der Waals surface area contributed by atoms with Crippen molar-refractivity contribution in [2.24, 2.45) is 0 Å². The molecule has 0 saturated carbocycles. The molecule has 0 radical (unpaired) electrons. The second-order valence-electron chi connectivity index (χ2n) is 11.7. The van der Waals surface area contributed by atoms with Gasteiger partial charge in [0.25, 0.3) is 0 Å². The summed E-state index contributed by atoms with van der Waals surface area (Å²) in [5, 5.41) is 0. The Hall–Kier alpha value is -0.0905. The minimum absolute atomic E-state index is 0.0476. The van der Waals surface area contributed by atoms with Gasteiger partial charge >= 0.3 is 119 Å². The van der Waals surface area contributed by atoms with Crippen LogP contribution in [0.4, 0.5) is 0 Å². The van der Waals surface area contributed by atoms with Crippen molar-refractivity contribution in [3.05, 3.63) is 0 Å². The van der Waals surface area contributed by atoms with Crippen LogP contribution >= 0.6 is 0 Å². The summed E-state index contributed by atoms with van der Waals surface area (Å²) in [5.41, 5.74) is 0. The number of carbonyl (C=O) groups is 1. The van der Waals surface area contributed by atoms with Crippen molar-refractivity contribution in [2.45, 2.75) is 53.6 Å². The van der Waals surface area contributed by atoms with E-state index in [9.17, 15) is 4.79 Å². The number of rotatable bonds is 6. The van der Waals surface area contributed by atoms with Crippen LogP contribution in [0, 0.1) is 0 Å². The van der Waals surface area contributed by atoms with E-state index in [0.717, 1.165) is 46.9 Å². The van der Waals surface area contributed by atoms with E-state index in [1.54, 1.807) is 0 Å². The fourth-order valence-corrected chi connectivity index (χ4v) is 98.1. The van der Waals surface area contributed by atoms with E-state index in [2.05, 4.69) is 0 Å². The van der Waals surface area contributed by atoms with Crippen molar-refractivity contribution in [3.8, 4) is 0 Å². The molecule has 5 heteroatoms. The number of fused-ring (bicyclic) bond motifs is 10. The predicted octanol–water partition coefficient (Wildman–Crippen LogP) is 3.34. The van der Waals surface area contributed by atoms with Gasteiger partial charge in [0, 0.05) is 0 Å². The number of carbonyl (C=O) groups excluding carboxylic acids is 1. The van der Waals surface area contributed by atoms with Crippen LogP contribution in [0.15, 0.2) is 0 Å². The summed E-state index contributed by atoms with van der Waals surface area (Å²) in [5.74, 6) is 0.240. The van der Waals surface area contributed by atoms with Crippen molar-refractivity contribution in [3.63, 3.8) is 0 Å². The van der Waals surface area contributed by atoms with Gasteiger partial charge in [0.2, 0.25) is 0 Å². The van der Waals surface area contributed by atoms with Gasteiger partial charge < -0.3 is 0 Å². The van der Waals surface area contributed by atoms with Crippen molar-refractivity contribution in [2.75, 3.05) is 34.0 Å². The number of hydrogen-bond acceptors (Lipinski definition) is 4. The molecular formula is C17H22FeO4. The maximum atomic E-state index is 13.3. The molecule has 122 valence electrons. The fourth-order valence-electron chi connectivity index (χ4n) is 19.9. The Morgan fingerprint density at radius 3 is 2.18 bits per heavy atom. The third kappa shape index (κ3) is 0.108. The van der Waals surface area contributed by atoms with Crippen LogP contribution in [-0.2, 0) is 25.5 Å². The summed E-state index contributed by atoms with van der Waals surface area (Å²) in [7, 11) is 3.74. The molecular weight excluding hydrogens is 324 g/mol. The molecule has 9 unspecified atom stereocenters. The molecule has 0 bridgehead atoms. The summed E-state index contributed by atoms with van der Waals surface area (Å²) in [4.78, 5) is 20.3. The number of ether oxygens (including phenoxy) is 3. The molecule has 10 heterocycles. The van der Waals surface area contributed by atoms with Gasteiger partial charge in [-0.15, -0.1) is 0 Å². The minimum atomic E-state index is -3.89. The second kappa shape index (κ2) is 0.960. The van der Waals surface area contributed by atoms with Gasteiger partial charge in [-0.2, -0.15) is 0 Å². The van der Waals surface area contributed by atoms with Gasteiger partial charge in [0.15, 0.2) is 0 Å². The van der Waals surface area contributed by atoms with Crippen LogP contribution in [0.2, 0.25) is 46.7 Å².